The van der Waals surface area contributed by atoms with Gasteiger partial charge in [-0.25, -0.2) is 22.8 Å². The molecule has 3 aliphatic rings. The molecule has 572 valence electrons. The average molecular weight is 1610 g/mol. The maximum Gasteiger partial charge on any atom is 0.294 e. The van der Waals surface area contributed by atoms with Crippen LogP contribution in [0.5, 0.6) is 5.75 Å². The summed E-state index contributed by atoms with van der Waals surface area (Å²) in [5.41, 5.74) is 5.94. The van der Waals surface area contributed by atoms with E-state index in [9.17, 15) is 74.3 Å². The van der Waals surface area contributed by atoms with Crippen molar-refractivity contribution in [3.8, 4) is 17.1 Å². The number of hydrogen-bond acceptors (Lipinski definition) is 19. The van der Waals surface area contributed by atoms with Gasteiger partial charge in [0.2, 0.25) is 17.5 Å². The Kier molecular flexibility index (Phi) is 25.7. The minimum absolute atomic E-state index is 0.00217. The van der Waals surface area contributed by atoms with E-state index in [0.717, 1.165) is 22.3 Å². The second-order valence-corrected chi connectivity index (χ2v) is 37.2. The Morgan fingerprint density at radius 2 is 1.49 bits per heavy atom. The number of hydrogen-bond donors (Lipinski definition) is 6. The first-order chi connectivity index (χ1) is 50.3. The van der Waals surface area contributed by atoms with Crippen molar-refractivity contribution in [2.45, 2.75) is 126 Å². The Bertz CT molecular complexity index is 5350. The number of allylic oxidation sites excluding steroid dienone is 7. The number of unbranched alkanes of at least 4 members (excludes halogenated alkanes) is 2. The fraction of sp³-hybridized carbons (Fsp3) is 0.365. The largest absolute Gasteiger partial charge is 0.487 e. The summed E-state index contributed by atoms with van der Waals surface area (Å²) in [7, 11) is -21.4. The number of rotatable bonds is 34. The molecule has 4 heterocycles. The lowest BCUT2D eigenvalue weighted by molar-refractivity contribution is -0.437. The van der Waals surface area contributed by atoms with Gasteiger partial charge in [0.05, 0.1) is 49.5 Å². The Balaban J connectivity index is 0.809. The van der Waals surface area contributed by atoms with Gasteiger partial charge in [-0.15, -0.1) is 11.8 Å². The maximum absolute atomic E-state index is 13.9. The number of furan rings is 1. The number of nitrogens with zero attached hydrogens (tertiary/aromatic N) is 5. The zero-order valence-electron chi connectivity index (χ0n) is 59.4. The molecule has 0 bridgehead atoms. The van der Waals surface area contributed by atoms with E-state index in [0.29, 0.717) is 141 Å². The van der Waals surface area contributed by atoms with Crippen LogP contribution in [0.3, 0.4) is 0 Å². The molecule has 10 rings (SSSR count). The van der Waals surface area contributed by atoms with Crippen LogP contribution in [-0.4, -0.2) is 153 Å². The Hall–Kier alpha value is -8.15. The second-order valence-electron chi connectivity index (χ2n) is 27.4. The van der Waals surface area contributed by atoms with Crippen molar-refractivity contribution in [3.63, 3.8) is 0 Å². The highest BCUT2D eigenvalue weighted by molar-refractivity contribution is 8.03. The van der Waals surface area contributed by atoms with E-state index < -0.39 is 72.6 Å². The van der Waals surface area contributed by atoms with Gasteiger partial charge in [0.15, 0.2) is 5.71 Å². The minimum Gasteiger partial charge on any atom is -0.487 e. The highest BCUT2D eigenvalue weighted by atomic mass is 35.5. The molecule has 0 spiro atoms. The summed E-state index contributed by atoms with van der Waals surface area (Å²) in [5.74, 6) is -0.222. The highest BCUT2D eigenvalue weighted by Gasteiger charge is 2.46. The number of sulfone groups is 1. The number of carbonyl (C=O) groups is 2. The molecule has 0 radical (unpaired) electrons. The molecule has 107 heavy (non-hydrogen) atoms. The van der Waals surface area contributed by atoms with Gasteiger partial charge in [-0.05, 0) is 172 Å². The fourth-order valence-corrected chi connectivity index (χ4v) is 17.3. The molecule has 0 fully saturated rings. The Labute approximate surface area is 632 Å². The number of benzene rings is 5. The lowest BCUT2D eigenvalue weighted by atomic mass is 9.81. The van der Waals surface area contributed by atoms with Gasteiger partial charge >= 0.3 is 0 Å². The molecule has 0 saturated heterocycles. The van der Waals surface area contributed by atoms with Crippen molar-refractivity contribution in [1.82, 2.24) is 20.2 Å². The van der Waals surface area contributed by atoms with E-state index in [2.05, 4.69) is 20.6 Å². The van der Waals surface area contributed by atoms with Crippen LogP contribution in [0, 0.1) is 5.82 Å². The number of carbonyl (C=O) groups excluding carboxylic acids is 2. The third kappa shape index (κ3) is 21.4. The maximum atomic E-state index is 13.9. The number of fused-ring (bicyclic) bond motifs is 3. The van der Waals surface area contributed by atoms with Gasteiger partial charge in [0.1, 0.15) is 58.2 Å². The van der Waals surface area contributed by atoms with E-state index in [-0.39, 0.29) is 91.6 Å². The molecule has 0 saturated carbocycles. The van der Waals surface area contributed by atoms with Crippen LogP contribution in [0.25, 0.3) is 22.2 Å². The monoisotopic (exact) mass is 1600 g/mol. The molecule has 1 aliphatic carbocycles. The Morgan fingerprint density at radius 3 is 2.20 bits per heavy atom. The molecular weight excluding hydrogens is 1520 g/mol. The van der Waals surface area contributed by atoms with Gasteiger partial charge in [-0.1, -0.05) is 56.2 Å². The first-order valence-electron chi connectivity index (χ1n) is 34.3. The van der Waals surface area contributed by atoms with Gasteiger partial charge in [-0.2, -0.15) is 38.2 Å². The molecule has 2 aliphatic heterocycles. The number of ether oxygens (including phenoxy) is 1. The lowest BCUT2D eigenvalue weighted by Crippen LogP contribution is -2.34. The molecule has 25 nitrogen and oxygen atoms in total. The zero-order chi connectivity index (χ0) is 77.4. The van der Waals surface area contributed by atoms with E-state index in [4.69, 9.17) is 20.8 Å². The predicted octanol–water partition coefficient (Wildman–Crippen LogP) is 12.9. The molecule has 0 unspecified atom stereocenters. The van der Waals surface area contributed by atoms with E-state index in [1.807, 2.05) is 79.7 Å². The van der Waals surface area contributed by atoms with Crippen LogP contribution in [0.4, 0.5) is 27.3 Å². The summed E-state index contributed by atoms with van der Waals surface area (Å²) >= 11 is 8.04. The summed E-state index contributed by atoms with van der Waals surface area (Å²) in [6.45, 7) is 7.97. The third-order valence-electron chi connectivity index (χ3n) is 18.7. The molecule has 7 aromatic rings. The number of anilines is 3. The molecule has 6 N–H and O–H groups in total. The van der Waals surface area contributed by atoms with Crippen molar-refractivity contribution < 1.29 is 88.0 Å². The van der Waals surface area contributed by atoms with Crippen LogP contribution in [0.15, 0.2) is 176 Å². The van der Waals surface area contributed by atoms with Crippen molar-refractivity contribution >= 4 is 125 Å². The van der Waals surface area contributed by atoms with Crippen molar-refractivity contribution in [2.75, 3.05) is 65.7 Å². The van der Waals surface area contributed by atoms with Gasteiger partial charge in [0, 0.05) is 107 Å². The molecular formula is C74H84ClFN7O18S6+. The van der Waals surface area contributed by atoms with Crippen LogP contribution >= 0.6 is 23.4 Å². The van der Waals surface area contributed by atoms with Crippen molar-refractivity contribution in [1.29, 1.82) is 0 Å². The van der Waals surface area contributed by atoms with E-state index >= 15 is 0 Å². The second kappa shape index (κ2) is 33.8. The number of aromatic nitrogens is 2. The van der Waals surface area contributed by atoms with Gasteiger partial charge < -0.3 is 29.6 Å². The number of halogens is 2. The van der Waals surface area contributed by atoms with E-state index in [1.54, 1.807) is 42.5 Å². The minimum atomic E-state index is -4.63. The standard InChI is InChI=1S/C74H83ClFN7O18S6/c1-73(2)59-44-56(106(94,95)96)23-26-63(59)82(34-11-38-104(88,89)90)67(73)30-19-50-14-10-15-51(20-31-68-74(3,4)60-45-57(107(97,98)99)24-27-64(60)83(68)35-12-39-105(91,92)93)71(50)102-37-32-69(84)77-33-8-6-7-17-70(85)81(36-40-103(5,86)87)46-55-22-29-65(101-55)52-18-25-62-58(42-52)72(79-48-78-62)80-54-21-28-66(61(75)43-54)100-47-49-13-9-16-53(76)41-49/h9,13,16,18-31,41-45,48H,6-8,10-12,14-15,17,32-40,46-47H2,1-5H3,(H5-,77,78,79,80,84,88,89,90,91,92,93,94,95,96,97,98,99)/p+1. The van der Waals surface area contributed by atoms with Crippen LogP contribution in [0.1, 0.15) is 114 Å². The predicted molar refractivity (Wildman–Crippen MR) is 410 cm³/mol. The average Bonchev–Trinajstić information content (AvgIpc) is 1.59. The van der Waals surface area contributed by atoms with Crippen LogP contribution in [-0.2, 0) is 83.9 Å². The number of thioether (sulfide) groups is 1. The summed E-state index contributed by atoms with van der Waals surface area (Å²) in [5, 5.41) is 7.26. The molecule has 2 amide bonds. The van der Waals surface area contributed by atoms with Crippen LogP contribution in [0.2, 0.25) is 5.02 Å². The summed E-state index contributed by atoms with van der Waals surface area (Å²) in [6.07, 6.45) is 13.6. The van der Waals surface area contributed by atoms with Crippen molar-refractivity contribution in [3.05, 3.63) is 195 Å². The number of nitrogens with one attached hydrogen (secondary N) is 2. The molecule has 2 aromatic heterocycles. The van der Waals surface area contributed by atoms with Gasteiger partial charge in [-0.3, -0.25) is 27.8 Å². The summed E-state index contributed by atoms with van der Waals surface area (Å²) in [4.78, 5) is 40.0. The topological polar surface area (TPSA) is 367 Å². The fourth-order valence-electron chi connectivity index (χ4n) is 13.3. The van der Waals surface area contributed by atoms with Gasteiger partial charge in [0.25, 0.3) is 40.5 Å². The molecule has 33 heteroatoms. The van der Waals surface area contributed by atoms with Crippen LogP contribution < -0.4 is 20.3 Å². The van der Waals surface area contributed by atoms with E-state index in [1.165, 1.54) is 71.5 Å². The smallest absolute Gasteiger partial charge is 0.294 e. The first-order valence-corrected chi connectivity index (χ1v) is 43.9. The van der Waals surface area contributed by atoms with Crippen molar-refractivity contribution in [2.24, 2.45) is 0 Å². The Morgan fingerprint density at radius 1 is 0.757 bits per heavy atom. The molecule has 5 aromatic carbocycles. The zero-order valence-corrected chi connectivity index (χ0v) is 65.0. The lowest BCUT2D eigenvalue weighted by Gasteiger charge is -2.27. The molecule has 0 atom stereocenters. The highest BCUT2D eigenvalue weighted by Crippen LogP contribution is 2.50. The summed E-state index contributed by atoms with van der Waals surface area (Å²) in [6, 6.07) is 28.5. The summed E-state index contributed by atoms with van der Waals surface area (Å²) < 4.78 is 189. The first kappa shape index (κ1) is 81.4. The number of amides is 2. The third-order valence-corrected chi connectivity index (χ3v) is 24.5. The SMILES string of the molecule is CC1(C)C(=CC=C2CCCC(C=CC3=[N+](CCCS(=O)(=O)O)c4ccc(S(=O)(=O)O)cc4C3(C)C)=C2SCCC(=O)NCCCCCC(=O)N(CCS(C)(=O)=O)Cc2ccc(-c3ccc4ncnc(Nc5ccc(OCc6cccc(F)c6)c(Cl)c5)c4c3)o2)N(CCCS(=O)(=O)O)c2ccc(S(=O)(=O)O)cc21. The normalized spacial score (nSPS) is 16.1. The quantitative estimate of drug-likeness (QED) is 0.0124.